The van der Waals surface area contributed by atoms with Crippen LogP contribution in [0.25, 0.3) is 0 Å². The highest BCUT2D eigenvalue weighted by Crippen LogP contribution is 2.30. The molecule has 2 rings (SSSR count). The van der Waals surface area contributed by atoms with Crippen LogP contribution in [0.1, 0.15) is 159 Å². The Balaban J connectivity index is 1.90. The van der Waals surface area contributed by atoms with Gasteiger partial charge in [0.15, 0.2) is 43.3 Å². The molecule has 2 aliphatic rings. The van der Waals surface area contributed by atoms with Crippen molar-refractivity contribution in [2.45, 2.75) is 232 Å². The Hall–Kier alpha value is -6.97. The number of carbonyl (C=O) groups is 13. The Kier molecular flexibility index (Phi) is 40.7. The van der Waals surface area contributed by atoms with E-state index in [0.717, 1.165) is 40.5 Å². The lowest BCUT2D eigenvalue weighted by Gasteiger charge is -2.44. The molecule has 524 valence electrons. The first kappa shape index (κ1) is 81.1. The van der Waals surface area contributed by atoms with Crippen molar-refractivity contribution in [1.29, 1.82) is 0 Å². The fourth-order valence-corrected chi connectivity index (χ4v) is 9.98. The average molecular weight is 1320 g/mol. The summed E-state index contributed by atoms with van der Waals surface area (Å²) >= 11 is 0. The van der Waals surface area contributed by atoms with Gasteiger partial charge in [0.25, 0.3) is 0 Å². The Morgan fingerprint density at radius 3 is 1.30 bits per heavy atom. The molecule has 9 N–H and O–H groups in total. The second-order valence-electron chi connectivity index (χ2n) is 22.2. The number of esters is 6. The van der Waals surface area contributed by atoms with Gasteiger partial charge in [-0.15, -0.1) is 0 Å². The van der Waals surface area contributed by atoms with Gasteiger partial charge < -0.3 is 89.8 Å². The van der Waals surface area contributed by atoms with E-state index < -0.39 is 133 Å². The van der Waals surface area contributed by atoms with Gasteiger partial charge in [-0.2, -0.15) is 0 Å². The second-order valence-corrected chi connectivity index (χ2v) is 22.2. The molecule has 0 radical (unpaired) electrons. The van der Waals surface area contributed by atoms with Crippen LogP contribution >= 0.6 is 0 Å². The van der Waals surface area contributed by atoms with Crippen LogP contribution in [0.5, 0.6) is 0 Å². The minimum atomic E-state index is -1.26. The molecule has 12 atom stereocenters. The van der Waals surface area contributed by atoms with Crippen molar-refractivity contribution in [3.05, 3.63) is 0 Å². The number of nitrogens with one attached hydrogen (secondary N) is 7. The lowest BCUT2D eigenvalue weighted by Crippen LogP contribution is -2.66. The number of hydrogen-bond acceptors (Lipinski definition) is 26. The summed E-state index contributed by atoms with van der Waals surface area (Å²) < 4.78 is 56.1. The number of ether oxygens (including phenoxy) is 10. The summed E-state index contributed by atoms with van der Waals surface area (Å²) in [5.41, 5.74) is 5.81. The third kappa shape index (κ3) is 33.6. The number of carbonyl (C=O) groups excluding carboxylic acids is 13. The molecule has 92 heavy (non-hydrogen) atoms. The molecule has 2 heterocycles. The molecule has 0 saturated carbocycles. The van der Waals surface area contributed by atoms with E-state index in [1.165, 1.54) is 32.6 Å². The Morgan fingerprint density at radius 2 is 0.913 bits per heavy atom. The van der Waals surface area contributed by atoms with Gasteiger partial charge in [-0.25, -0.2) is 0 Å². The summed E-state index contributed by atoms with van der Waals surface area (Å²) in [4.78, 5) is 163. The number of aldehydes is 1. The number of nitrogens with zero attached hydrogens (tertiary/aromatic N) is 1. The van der Waals surface area contributed by atoms with Crippen molar-refractivity contribution in [2.75, 3.05) is 72.2 Å². The standard InChI is InChI=1S/C60H101N9O23/c1-10-11-26-62-48(34-70)69(33-51(81)65-29-20-27-63-49(79)23-14-12-18-31-83-59-52(67-37(2)71)56(89-43(8)77)54(87-41(6)75)46(91-59)35-85-39(4)73)45(22-16-17-25-61)58(82)66-30-21-28-64-50(80)24-15-13-19-32-84-60-53(68-38(3)72)57(90-44(9)78)55(88-42(7)76)47(92-60)36-86-40(5)74/h34,45-48,52-57,59-60,62H,10-33,35-36,61H2,1-9H3,(H,63,79)(H,64,80)(H,65,81)(H,66,82)(H,67,71)(H,68,72). The number of nitrogens with two attached hydrogens (primary N) is 1. The van der Waals surface area contributed by atoms with Crippen molar-refractivity contribution in [1.82, 2.24) is 42.1 Å². The Morgan fingerprint density at radius 1 is 0.489 bits per heavy atom. The predicted octanol–water partition coefficient (Wildman–Crippen LogP) is -0.588. The van der Waals surface area contributed by atoms with Gasteiger partial charge in [-0.3, -0.25) is 67.8 Å². The Labute approximate surface area is 537 Å². The van der Waals surface area contributed by atoms with Crippen LogP contribution in [0.2, 0.25) is 0 Å². The van der Waals surface area contributed by atoms with Crippen LogP contribution in [0.4, 0.5) is 0 Å². The summed E-state index contributed by atoms with van der Waals surface area (Å²) in [6.45, 7) is 12.1. The minimum Gasteiger partial charge on any atom is -0.463 e. The molecule has 2 aliphatic heterocycles. The molecule has 0 aromatic carbocycles. The lowest BCUT2D eigenvalue weighted by molar-refractivity contribution is -0.277. The highest BCUT2D eigenvalue weighted by molar-refractivity contribution is 5.84. The van der Waals surface area contributed by atoms with Gasteiger partial charge >= 0.3 is 35.8 Å². The lowest BCUT2D eigenvalue weighted by atomic mass is 9.96. The van der Waals surface area contributed by atoms with Gasteiger partial charge in [0, 0.05) is 108 Å². The van der Waals surface area contributed by atoms with Gasteiger partial charge in [0.05, 0.1) is 12.6 Å². The molecular formula is C60H101N9O23. The predicted molar refractivity (Wildman–Crippen MR) is 324 cm³/mol. The number of rotatable bonds is 46. The van der Waals surface area contributed by atoms with E-state index in [2.05, 4.69) is 37.2 Å². The summed E-state index contributed by atoms with van der Waals surface area (Å²) in [5, 5.41) is 19.9. The molecule has 32 heteroatoms. The van der Waals surface area contributed by atoms with Crippen LogP contribution in [0, 0.1) is 0 Å². The molecule has 2 fully saturated rings. The summed E-state index contributed by atoms with van der Waals surface area (Å²) in [6.07, 6.45) is -3.03. The van der Waals surface area contributed by atoms with E-state index >= 15 is 0 Å². The summed E-state index contributed by atoms with van der Waals surface area (Å²) in [7, 11) is 0. The topological polar surface area (TPSA) is 428 Å². The monoisotopic (exact) mass is 1320 g/mol. The van der Waals surface area contributed by atoms with Crippen LogP contribution in [0.3, 0.4) is 0 Å². The van der Waals surface area contributed by atoms with Crippen molar-refractivity contribution in [3.8, 4) is 0 Å². The largest absolute Gasteiger partial charge is 0.463 e. The van der Waals surface area contributed by atoms with Gasteiger partial charge in [0.2, 0.25) is 35.4 Å². The van der Waals surface area contributed by atoms with Crippen molar-refractivity contribution >= 4 is 77.5 Å². The molecule has 0 spiro atoms. The molecule has 0 bridgehead atoms. The summed E-state index contributed by atoms with van der Waals surface area (Å²) in [6, 6.07) is -3.13. The van der Waals surface area contributed by atoms with Crippen LogP contribution in [-0.4, -0.2) is 228 Å². The van der Waals surface area contributed by atoms with Crippen LogP contribution in [0.15, 0.2) is 0 Å². The van der Waals surface area contributed by atoms with E-state index in [1.807, 2.05) is 6.92 Å². The average Bonchev–Trinajstić information content (AvgIpc) is 0.804. The van der Waals surface area contributed by atoms with E-state index in [4.69, 9.17) is 53.1 Å². The summed E-state index contributed by atoms with van der Waals surface area (Å²) in [5.74, 6) is -6.58. The quantitative estimate of drug-likeness (QED) is 0.0124. The van der Waals surface area contributed by atoms with E-state index in [9.17, 15) is 62.3 Å². The van der Waals surface area contributed by atoms with Gasteiger partial charge in [-0.05, 0) is 70.9 Å². The molecule has 32 nitrogen and oxygen atoms in total. The van der Waals surface area contributed by atoms with Gasteiger partial charge in [-0.1, -0.05) is 32.6 Å². The first-order valence-corrected chi connectivity index (χ1v) is 31.6. The molecule has 0 aromatic rings. The molecular weight excluding hydrogens is 1210 g/mol. The number of unbranched alkanes of at least 4 members (excludes halogenated alkanes) is 6. The van der Waals surface area contributed by atoms with Crippen molar-refractivity contribution in [2.24, 2.45) is 5.73 Å². The van der Waals surface area contributed by atoms with Crippen molar-refractivity contribution < 1.29 is 110 Å². The number of hydrogen-bond donors (Lipinski definition) is 8. The highest BCUT2D eigenvalue weighted by Gasteiger charge is 2.53. The fraction of sp³-hybridized carbons (Fsp3) is 0.783. The highest BCUT2D eigenvalue weighted by atomic mass is 16.7. The second kappa shape index (κ2) is 46.2. The fourth-order valence-electron chi connectivity index (χ4n) is 9.98. The van der Waals surface area contributed by atoms with Crippen molar-refractivity contribution in [3.63, 3.8) is 0 Å². The minimum absolute atomic E-state index is 0.0854. The van der Waals surface area contributed by atoms with E-state index in [0.29, 0.717) is 83.6 Å². The van der Waals surface area contributed by atoms with Gasteiger partial charge in [0.1, 0.15) is 43.7 Å². The first-order valence-electron chi connectivity index (χ1n) is 31.6. The normalized spacial score (nSPS) is 21.6. The zero-order valence-corrected chi connectivity index (χ0v) is 54.8. The molecule has 12 unspecified atom stereocenters. The zero-order valence-electron chi connectivity index (χ0n) is 54.8. The van der Waals surface area contributed by atoms with Crippen LogP contribution < -0.4 is 43.0 Å². The zero-order chi connectivity index (χ0) is 68.5. The SMILES string of the molecule is CCCCNC(C=O)N(CC(=O)NCCCNC(=O)CCCCCOC1OC(COC(C)=O)C(OC(C)=O)C(OC(C)=O)C1NC(C)=O)C(CCCCN)C(=O)NCCCNC(=O)CCCCCOC1OC(COC(C)=O)C(OC(C)=O)C(OC(C)=O)C1NC(C)=O. The molecule has 0 aromatic heterocycles. The maximum atomic E-state index is 14.0. The molecule has 6 amide bonds. The van der Waals surface area contributed by atoms with Crippen LogP contribution in [-0.2, 0) is 110 Å². The van der Waals surface area contributed by atoms with E-state index in [1.54, 1.807) is 0 Å². The number of amides is 6. The van der Waals surface area contributed by atoms with E-state index in [-0.39, 0.29) is 90.2 Å². The third-order valence-electron chi connectivity index (χ3n) is 14.1. The maximum absolute atomic E-state index is 14.0. The molecule has 0 aliphatic carbocycles. The maximum Gasteiger partial charge on any atom is 0.303 e. The molecule has 2 saturated heterocycles. The smallest absolute Gasteiger partial charge is 0.303 e. The Bertz CT molecular complexity index is 2350. The first-order chi connectivity index (χ1) is 43.8. The third-order valence-corrected chi connectivity index (χ3v) is 14.1.